The molecule has 1 aromatic carbocycles. The van der Waals surface area contributed by atoms with Gasteiger partial charge in [-0.15, -0.1) is 11.3 Å². The Labute approximate surface area is 108 Å². The van der Waals surface area contributed by atoms with Crippen LogP contribution in [0.25, 0.3) is 10.2 Å². The largest absolute Gasteiger partial charge is 0.480 e. The SMILES string of the molecule is CC(C(=O)O)N(C)Cc1nc2ccc(F)cc2s1. The van der Waals surface area contributed by atoms with Crippen molar-refractivity contribution in [1.82, 2.24) is 9.88 Å². The second-order valence-electron chi connectivity index (χ2n) is 4.15. The molecule has 1 unspecified atom stereocenters. The third-order valence-electron chi connectivity index (χ3n) is 2.80. The monoisotopic (exact) mass is 268 g/mol. The van der Waals surface area contributed by atoms with Crippen LogP contribution in [0.5, 0.6) is 0 Å². The molecule has 0 amide bonds. The minimum atomic E-state index is -0.871. The highest BCUT2D eigenvalue weighted by atomic mass is 32.1. The predicted octanol–water partition coefficient (Wildman–Crippen LogP) is 2.34. The van der Waals surface area contributed by atoms with E-state index in [1.165, 1.54) is 23.5 Å². The summed E-state index contributed by atoms with van der Waals surface area (Å²) in [6, 6.07) is 3.87. The normalized spacial score (nSPS) is 13.1. The Morgan fingerprint density at radius 3 is 3.00 bits per heavy atom. The van der Waals surface area contributed by atoms with Crippen molar-refractivity contribution in [3.8, 4) is 0 Å². The first-order chi connectivity index (χ1) is 8.47. The summed E-state index contributed by atoms with van der Waals surface area (Å²) < 4.78 is 13.8. The summed E-state index contributed by atoms with van der Waals surface area (Å²) >= 11 is 1.38. The smallest absolute Gasteiger partial charge is 0.320 e. The van der Waals surface area contributed by atoms with Crippen molar-refractivity contribution >= 4 is 27.5 Å². The lowest BCUT2D eigenvalue weighted by Crippen LogP contribution is -2.35. The topological polar surface area (TPSA) is 53.4 Å². The predicted molar refractivity (Wildman–Crippen MR) is 68.1 cm³/mol. The van der Waals surface area contributed by atoms with Gasteiger partial charge in [0.25, 0.3) is 0 Å². The number of rotatable bonds is 4. The lowest BCUT2D eigenvalue weighted by molar-refractivity contribution is -0.142. The molecule has 2 rings (SSSR count). The molecule has 0 fully saturated rings. The number of carbonyl (C=O) groups is 1. The van der Waals surface area contributed by atoms with E-state index in [0.29, 0.717) is 6.54 Å². The number of hydrogen-bond donors (Lipinski definition) is 1. The summed E-state index contributed by atoms with van der Waals surface area (Å²) in [6.07, 6.45) is 0. The molecule has 1 atom stereocenters. The van der Waals surface area contributed by atoms with E-state index in [-0.39, 0.29) is 5.82 Å². The molecule has 0 saturated carbocycles. The van der Waals surface area contributed by atoms with Gasteiger partial charge in [0.05, 0.1) is 16.8 Å². The maximum atomic E-state index is 13.0. The number of carboxylic acid groups (broad SMARTS) is 1. The van der Waals surface area contributed by atoms with Crippen LogP contribution in [0.3, 0.4) is 0 Å². The number of aromatic nitrogens is 1. The van der Waals surface area contributed by atoms with Crippen LogP contribution >= 0.6 is 11.3 Å². The fraction of sp³-hybridized carbons (Fsp3) is 0.333. The average molecular weight is 268 g/mol. The molecule has 2 aromatic rings. The van der Waals surface area contributed by atoms with Crippen LogP contribution in [0.2, 0.25) is 0 Å². The maximum absolute atomic E-state index is 13.0. The van der Waals surface area contributed by atoms with Crippen molar-refractivity contribution in [2.45, 2.75) is 19.5 Å². The molecule has 96 valence electrons. The van der Waals surface area contributed by atoms with Crippen molar-refractivity contribution in [3.63, 3.8) is 0 Å². The number of aliphatic carboxylic acids is 1. The Morgan fingerprint density at radius 2 is 2.33 bits per heavy atom. The Balaban J connectivity index is 2.19. The molecule has 1 aromatic heterocycles. The minimum absolute atomic E-state index is 0.287. The molecule has 0 aliphatic rings. The molecule has 0 saturated heterocycles. The first kappa shape index (κ1) is 12.9. The number of thiazole rings is 1. The highest BCUT2D eigenvalue weighted by molar-refractivity contribution is 7.18. The van der Waals surface area contributed by atoms with E-state index in [2.05, 4.69) is 4.98 Å². The quantitative estimate of drug-likeness (QED) is 0.924. The molecule has 6 heteroatoms. The number of likely N-dealkylation sites (N-methyl/N-ethyl adjacent to an activating group) is 1. The number of fused-ring (bicyclic) bond motifs is 1. The third-order valence-corrected chi connectivity index (χ3v) is 3.80. The van der Waals surface area contributed by atoms with Crippen LogP contribution in [-0.4, -0.2) is 34.0 Å². The lowest BCUT2D eigenvalue weighted by Gasteiger charge is -2.19. The zero-order valence-corrected chi connectivity index (χ0v) is 10.9. The standard InChI is InChI=1S/C12H13FN2O2S/c1-7(12(16)17)15(2)6-11-14-9-4-3-8(13)5-10(9)18-11/h3-5,7H,6H2,1-2H3,(H,16,17). The van der Waals surface area contributed by atoms with Gasteiger partial charge in [0.15, 0.2) is 0 Å². The van der Waals surface area contributed by atoms with Gasteiger partial charge in [-0.3, -0.25) is 9.69 Å². The van der Waals surface area contributed by atoms with Crippen molar-refractivity contribution in [2.75, 3.05) is 7.05 Å². The Hall–Kier alpha value is -1.53. The van der Waals surface area contributed by atoms with Crippen LogP contribution in [0.15, 0.2) is 18.2 Å². The van der Waals surface area contributed by atoms with E-state index in [1.807, 2.05) is 0 Å². The van der Waals surface area contributed by atoms with E-state index in [0.717, 1.165) is 15.2 Å². The highest BCUT2D eigenvalue weighted by Crippen LogP contribution is 2.23. The number of nitrogens with zero attached hydrogens (tertiary/aromatic N) is 2. The molecule has 0 radical (unpaired) electrons. The second kappa shape index (κ2) is 4.99. The van der Waals surface area contributed by atoms with Crippen LogP contribution in [0.1, 0.15) is 11.9 Å². The number of hydrogen-bond acceptors (Lipinski definition) is 4. The Bertz CT molecular complexity index is 584. The highest BCUT2D eigenvalue weighted by Gasteiger charge is 2.18. The summed E-state index contributed by atoms with van der Waals surface area (Å²) in [7, 11) is 1.73. The zero-order valence-electron chi connectivity index (χ0n) is 10.1. The average Bonchev–Trinajstić information content (AvgIpc) is 2.68. The Kier molecular flexibility index (Phi) is 3.58. The third kappa shape index (κ3) is 2.65. The molecule has 0 bridgehead atoms. The number of halogens is 1. The van der Waals surface area contributed by atoms with Gasteiger partial charge < -0.3 is 5.11 Å². The van der Waals surface area contributed by atoms with Gasteiger partial charge in [-0.05, 0) is 32.2 Å². The van der Waals surface area contributed by atoms with E-state index < -0.39 is 12.0 Å². The van der Waals surface area contributed by atoms with E-state index in [9.17, 15) is 9.18 Å². The fourth-order valence-corrected chi connectivity index (χ4v) is 2.61. The molecule has 1 N–H and O–H groups in total. The summed E-state index contributed by atoms with van der Waals surface area (Å²) in [4.78, 5) is 16.9. The van der Waals surface area contributed by atoms with Crippen LogP contribution in [0, 0.1) is 5.82 Å². The molecule has 0 spiro atoms. The maximum Gasteiger partial charge on any atom is 0.320 e. The first-order valence-corrected chi connectivity index (χ1v) is 6.27. The molecule has 1 heterocycles. The molecule has 0 aliphatic carbocycles. The molecule has 0 aliphatic heterocycles. The molecular formula is C12H13FN2O2S. The minimum Gasteiger partial charge on any atom is -0.480 e. The number of benzene rings is 1. The lowest BCUT2D eigenvalue weighted by atomic mass is 10.3. The summed E-state index contributed by atoms with van der Waals surface area (Å²) in [5, 5.41) is 9.68. The first-order valence-electron chi connectivity index (χ1n) is 5.45. The van der Waals surface area contributed by atoms with Crippen LogP contribution in [-0.2, 0) is 11.3 Å². The van der Waals surface area contributed by atoms with Crippen molar-refractivity contribution < 1.29 is 14.3 Å². The summed E-state index contributed by atoms with van der Waals surface area (Å²) in [6.45, 7) is 2.06. The number of carboxylic acids is 1. The van der Waals surface area contributed by atoms with Gasteiger partial charge in [0.1, 0.15) is 16.9 Å². The van der Waals surface area contributed by atoms with Crippen LogP contribution < -0.4 is 0 Å². The van der Waals surface area contributed by atoms with Crippen LogP contribution in [0.4, 0.5) is 4.39 Å². The molecule has 4 nitrogen and oxygen atoms in total. The Morgan fingerprint density at radius 1 is 1.61 bits per heavy atom. The zero-order chi connectivity index (χ0) is 13.3. The van der Waals surface area contributed by atoms with Gasteiger partial charge in [0.2, 0.25) is 0 Å². The van der Waals surface area contributed by atoms with Gasteiger partial charge in [-0.2, -0.15) is 0 Å². The van der Waals surface area contributed by atoms with E-state index in [4.69, 9.17) is 5.11 Å². The summed E-state index contributed by atoms with van der Waals surface area (Å²) in [5.41, 5.74) is 0.743. The van der Waals surface area contributed by atoms with E-state index in [1.54, 1.807) is 24.9 Å². The van der Waals surface area contributed by atoms with Gasteiger partial charge in [-0.1, -0.05) is 0 Å². The fourth-order valence-electron chi connectivity index (χ4n) is 1.55. The second-order valence-corrected chi connectivity index (χ2v) is 5.26. The van der Waals surface area contributed by atoms with Crippen molar-refractivity contribution in [1.29, 1.82) is 0 Å². The van der Waals surface area contributed by atoms with Gasteiger partial charge in [-0.25, -0.2) is 9.37 Å². The van der Waals surface area contributed by atoms with Gasteiger partial charge in [0, 0.05) is 0 Å². The van der Waals surface area contributed by atoms with Gasteiger partial charge >= 0.3 is 5.97 Å². The van der Waals surface area contributed by atoms with E-state index >= 15 is 0 Å². The molecular weight excluding hydrogens is 255 g/mol. The summed E-state index contributed by atoms with van der Waals surface area (Å²) in [5.74, 6) is -1.16. The van der Waals surface area contributed by atoms with Crippen molar-refractivity contribution in [2.24, 2.45) is 0 Å². The molecule has 18 heavy (non-hydrogen) atoms. The van der Waals surface area contributed by atoms with Crippen molar-refractivity contribution in [3.05, 3.63) is 29.0 Å².